The zero-order chi connectivity index (χ0) is 25.6. The summed E-state index contributed by atoms with van der Waals surface area (Å²) >= 11 is 5.99. The minimum absolute atomic E-state index is 0.122. The Morgan fingerprint density at radius 2 is 1.68 bits per heavy atom. The molecule has 0 spiro atoms. The number of rotatable bonds is 10. The van der Waals surface area contributed by atoms with Gasteiger partial charge in [0.15, 0.2) is 0 Å². The maximum atomic E-state index is 13.6. The highest BCUT2D eigenvalue weighted by atomic mass is 35.5. The molecule has 2 amide bonds. The molecule has 0 heterocycles. The Bertz CT molecular complexity index is 1120. The Balaban J connectivity index is 2.49. The van der Waals surface area contributed by atoms with Gasteiger partial charge >= 0.3 is 10.2 Å². The molecule has 0 aliphatic heterocycles. The van der Waals surface area contributed by atoms with Crippen LogP contribution in [0.4, 0.5) is 5.69 Å². The summed E-state index contributed by atoms with van der Waals surface area (Å²) in [6, 6.07) is 11.6. The Morgan fingerprint density at radius 1 is 1.06 bits per heavy atom. The van der Waals surface area contributed by atoms with Gasteiger partial charge in [0.05, 0.1) is 5.69 Å². The van der Waals surface area contributed by atoms with E-state index in [1.54, 1.807) is 51.1 Å². The van der Waals surface area contributed by atoms with Gasteiger partial charge in [-0.2, -0.15) is 12.7 Å². The van der Waals surface area contributed by atoms with E-state index in [1.807, 2.05) is 19.1 Å². The third-order valence-corrected chi connectivity index (χ3v) is 7.49. The molecule has 34 heavy (non-hydrogen) atoms. The van der Waals surface area contributed by atoms with Crippen LogP contribution < -0.4 is 9.62 Å². The molecule has 0 radical (unpaired) electrons. The zero-order valence-electron chi connectivity index (χ0n) is 20.5. The number of hydrogen-bond donors (Lipinski definition) is 1. The Labute approximate surface area is 207 Å². The first-order valence-electron chi connectivity index (χ1n) is 11.0. The highest BCUT2D eigenvalue weighted by Crippen LogP contribution is 2.26. The zero-order valence-corrected chi connectivity index (χ0v) is 22.1. The van der Waals surface area contributed by atoms with Crippen LogP contribution in [-0.4, -0.2) is 62.7 Å². The van der Waals surface area contributed by atoms with Crippen molar-refractivity contribution < 1.29 is 18.0 Å². The second-order valence-corrected chi connectivity index (χ2v) is 10.8. The Hall–Kier alpha value is -2.62. The van der Waals surface area contributed by atoms with Crippen LogP contribution >= 0.6 is 11.6 Å². The molecule has 2 aromatic rings. The van der Waals surface area contributed by atoms with E-state index in [2.05, 4.69) is 5.32 Å². The van der Waals surface area contributed by atoms with Crippen molar-refractivity contribution in [1.82, 2.24) is 14.5 Å². The van der Waals surface area contributed by atoms with Crippen LogP contribution in [0.25, 0.3) is 0 Å². The quantitative estimate of drug-likeness (QED) is 0.534. The second-order valence-electron chi connectivity index (χ2n) is 8.31. The fourth-order valence-electron chi connectivity index (χ4n) is 3.38. The van der Waals surface area contributed by atoms with Crippen LogP contribution in [0.3, 0.4) is 0 Å². The van der Waals surface area contributed by atoms with E-state index in [9.17, 15) is 18.0 Å². The van der Waals surface area contributed by atoms with E-state index < -0.39 is 28.7 Å². The van der Waals surface area contributed by atoms with Crippen molar-refractivity contribution >= 4 is 39.3 Å². The van der Waals surface area contributed by atoms with Crippen LogP contribution in [0.5, 0.6) is 0 Å². The van der Waals surface area contributed by atoms with Gasteiger partial charge in [0.2, 0.25) is 11.8 Å². The third-order valence-electron chi connectivity index (χ3n) is 5.44. The predicted molar refractivity (Wildman–Crippen MR) is 136 cm³/mol. The molecule has 0 bridgehead atoms. The second kappa shape index (κ2) is 11.7. The maximum absolute atomic E-state index is 13.6. The molecule has 8 nitrogen and oxygen atoms in total. The average Bonchev–Trinajstić information content (AvgIpc) is 2.78. The maximum Gasteiger partial charge on any atom is 0.304 e. The molecule has 0 aliphatic rings. The van der Waals surface area contributed by atoms with Gasteiger partial charge in [-0.3, -0.25) is 9.59 Å². The number of carbonyl (C=O) groups excluding carboxylic acids is 2. The standard InChI is InChI=1S/C24H33ClN4O4S/c1-7-26-24(31)19(4)28(15-20-10-12-21(25)13-11-20)23(30)16-29(34(32,33)27(5)6)22-14-17(2)8-9-18(22)3/h8-14,19H,7,15-16H2,1-6H3,(H,26,31)/t19-/m1/s1. The molecule has 2 rings (SSSR count). The lowest BCUT2D eigenvalue weighted by Crippen LogP contribution is -2.52. The molecule has 0 aliphatic carbocycles. The molecule has 1 atom stereocenters. The van der Waals surface area contributed by atoms with Gasteiger partial charge in [-0.1, -0.05) is 35.9 Å². The minimum atomic E-state index is -3.99. The number of benzene rings is 2. The van der Waals surface area contributed by atoms with Gasteiger partial charge in [-0.15, -0.1) is 0 Å². The first kappa shape index (κ1) is 27.6. The summed E-state index contributed by atoms with van der Waals surface area (Å²) in [5.74, 6) is -0.821. The molecule has 1 N–H and O–H groups in total. The molecule has 186 valence electrons. The van der Waals surface area contributed by atoms with Crippen molar-refractivity contribution in [3.8, 4) is 0 Å². The van der Waals surface area contributed by atoms with Crippen LogP contribution in [0, 0.1) is 13.8 Å². The third kappa shape index (κ3) is 6.71. The molecular weight excluding hydrogens is 476 g/mol. The van der Waals surface area contributed by atoms with Crippen LogP contribution in [-0.2, 0) is 26.3 Å². The molecule has 0 fully saturated rings. The molecule has 0 unspecified atom stereocenters. The van der Waals surface area contributed by atoms with E-state index in [-0.39, 0.29) is 12.5 Å². The number of anilines is 1. The number of likely N-dealkylation sites (N-methyl/N-ethyl adjacent to an activating group) is 1. The first-order chi connectivity index (χ1) is 15.9. The first-order valence-corrected chi connectivity index (χ1v) is 12.7. The average molecular weight is 509 g/mol. The number of nitrogens with zero attached hydrogens (tertiary/aromatic N) is 3. The lowest BCUT2D eigenvalue weighted by Gasteiger charge is -2.33. The molecule has 2 aromatic carbocycles. The number of amides is 2. The number of carbonyl (C=O) groups is 2. The van der Waals surface area contributed by atoms with Crippen molar-refractivity contribution in [3.63, 3.8) is 0 Å². The minimum Gasteiger partial charge on any atom is -0.355 e. The lowest BCUT2D eigenvalue weighted by atomic mass is 10.1. The van der Waals surface area contributed by atoms with Gasteiger partial charge in [0, 0.05) is 32.2 Å². The molecule has 10 heteroatoms. The van der Waals surface area contributed by atoms with Gasteiger partial charge in [0.25, 0.3) is 0 Å². The lowest BCUT2D eigenvalue weighted by molar-refractivity contribution is -0.139. The van der Waals surface area contributed by atoms with Gasteiger partial charge in [0.1, 0.15) is 12.6 Å². The summed E-state index contributed by atoms with van der Waals surface area (Å²) < 4.78 is 28.6. The normalized spacial score (nSPS) is 12.4. The molecule has 0 saturated carbocycles. The fraction of sp³-hybridized carbons (Fsp3) is 0.417. The number of aryl methyl sites for hydroxylation is 2. The SMILES string of the molecule is CCNC(=O)[C@@H](C)N(Cc1ccc(Cl)cc1)C(=O)CN(c1cc(C)ccc1C)S(=O)(=O)N(C)C. The summed E-state index contributed by atoms with van der Waals surface area (Å²) in [5, 5.41) is 3.28. The van der Waals surface area contributed by atoms with Crippen molar-refractivity contribution in [3.05, 3.63) is 64.2 Å². The molecule has 0 aromatic heterocycles. The van der Waals surface area contributed by atoms with Crippen molar-refractivity contribution in [2.75, 3.05) is 31.5 Å². The van der Waals surface area contributed by atoms with E-state index in [0.717, 1.165) is 19.7 Å². The van der Waals surface area contributed by atoms with Crippen molar-refractivity contribution in [1.29, 1.82) is 0 Å². The fourth-order valence-corrected chi connectivity index (χ4v) is 4.62. The van der Waals surface area contributed by atoms with Gasteiger partial charge in [-0.05, 0) is 62.6 Å². The smallest absolute Gasteiger partial charge is 0.304 e. The summed E-state index contributed by atoms with van der Waals surface area (Å²) in [6.45, 7) is 7.15. The largest absolute Gasteiger partial charge is 0.355 e. The van der Waals surface area contributed by atoms with Crippen molar-refractivity contribution in [2.24, 2.45) is 0 Å². The number of nitrogens with one attached hydrogen (secondary N) is 1. The molecule has 0 saturated heterocycles. The van der Waals surface area contributed by atoms with Crippen LogP contribution in [0.1, 0.15) is 30.5 Å². The predicted octanol–water partition coefficient (Wildman–Crippen LogP) is 3.12. The monoisotopic (exact) mass is 508 g/mol. The van der Waals surface area contributed by atoms with Crippen LogP contribution in [0.15, 0.2) is 42.5 Å². The van der Waals surface area contributed by atoms with E-state index in [0.29, 0.717) is 22.8 Å². The highest BCUT2D eigenvalue weighted by Gasteiger charge is 2.33. The van der Waals surface area contributed by atoms with E-state index in [1.165, 1.54) is 19.0 Å². The Morgan fingerprint density at radius 3 is 2.24 bits per heavy atom. The van der Waals surface area contributed by atoms with Gasteiger partial charge in [-0.25, -0.2) is 4.31 Å². The topological polar surface area (TPSA) is 90.0 Å². The van der Waals surface area contributed by atoms with E-state index in [4.69, 9.17) is 11.6 Å². The van der Waals surface area contributed by atoms with Gasteiger partial charge < -0.3 is 10.2 Å². The summed E-state index contributed by atoms with van der Waals surface area (Å²) in [4.78, 5) is 27.6. The highest BCUT2D eigenvalue weighted by molar-refractivity contribution is 7.90. The molecular formula is C24H33ClN4O4S. The van der Waals surface area contributed by atoms with Crippen molar-refractivity contribution in [2.45, 2.75) is 40.3 Å². The summed E-state index contributed by atoms with van der Waals surface area (Å²) in [6.07, 6.45) is 0. The van der Waals surface area contributed by atoms with Crippen LogP contribution in [0.2, 0.25) is 5.02 Å². The summed E-state index contributed by atoms with van der Waals surface area (Å²) in [7, 11) is -1.16. The Kier molecular flexibility index (Phi) is 9.49. The van der Waals surface area contributed by atoms with E-state index >= 15 is 0 Å². The number of hydrogen-bond acceptors (Lipinski definition) is 4. The summed E-state index contributed by atoms with van der Waals surface area (Å²) in [5.41, 5.74) is 2.76. The number of halogens is 1.